The molecular formula is C18H20B2O10. The molecule has 12 heteroatoms. The minimum atomic E-state index is -0.776. The van der Waals surface area contributed by atoms with Gasteiger partial charge in [0, 0.05) is 0 Å². The van der Waals surface area contributed by atoms with Crippen LogP contribution >= 0.6 is 0 Å². The summed E-state index contributed by atoms with van der Waals surface area (Å²) in [5, 5.41) is 20.8. The van der Waals surface area contributed by atoms with E-state index in [9.17, 15) is 10.2 Å². The predicted octanol–water partition coefficient (Wildman–Crippen LogP) is -3.12. The van der Waals surface area contributed by atoms with Gasteiger partial charge in [-0.05, 0) is 10.9 Å². The van der Waals surface area contributed by atoms with Crippen molar-refractivity contribution >= 4 is 25.2 Å². The number of aliphatic hydroxyl groups is 2. The van der Waals surface area contributed by atoms with Crippen LogP contribution in [0.2, 0.25) is 0 Å². The van der Waals surface area contributed by atoms with Crippen LogP contribution in [0.25, 0.3) is 0 Å². The van der Waals surface area contributed by atoms with Crippen molar-refractivity contribution in [2.24, 2.45) is 0 Å². The van der Waals surface area contributed by atoms with E-state index in [1.54, 1.807) is 0 Å². The molecule has 10 nitrogen and oxygen atoms in total. The maximum atomic E-state index is 10.4. The smallest absolute Gasteiger partial charge is 0.399 e. The Morgan fingerprint density at radius 3 is 1.47 bits per heavy atom. The molecule has 30 heavy (non-hydrogen) atoms. The van der Waals surface area contributed by atoms with Crippen LogP contribution in [0.4, 0.5) is 0 Å². The fraction of sp³-hybridized carbons (Fsp3) is 0.667. The zero-order valence-corrected chi connectivity index (χ0v) is 15.8. The fourth-order valence-corrected chi connectivity index (χ4v) is 5.09. The van der Waals surface area contributed by atoms with Crippen molar-refractivity contribution in [3.05, 3.63) is 24.3 Å². The number of rotatable bonds is 2. The lowest BCUT2D eigenvalue weighted by molar-refractivity contribution is -0.243. The molecular weight excluding hydrogens is 398 g/mol. The lowest BCUT2D eigenvalue weighted by atomic mass is 9.71. The molecule has 6 aliphatic rings. The monoisotopic (exact) mass is 418 g/mol. The van der Waals surface area contributed by atoms with Crippen LogP contribution in [-0.4, -0.2) is 99.1 Å². The Morgan fingerprint density at radius 1 is 0.633 bits per heavy atom. The summed E-state index contributed by atoms with van der Waals surface area (Å²) in [7, 11) is -1.25. The zero-order valence-electron chi connectivity index (χ0n) is 15.8. The van der Waals surface area contributed by atoms with Gasteiger partial charge in [-0.3, -0.25) is 0 Å². The lowest BCUT2D eigenvalue weighted by Gasteiger charge is -2.45. The Bertz CT molecular complexity index is 721. The molecule has 0 amide bonds. The average molecular weight is 418 g/mol. The zero-order chi connectivity index (χ0) is 20.0. The van der Waals surface area contributed by atoms with Gasteiger partial charge >= 0.3 is 14.2 Å². The van der Waals surface area contributed by atoms with Crippen LogP contribution < -0.4 is 10.9 Å². The third-order valence-electron chi connectivity index (χ3n) is 6.69. The van der Waals surface area contributed by atoms with E-state index in [1.807, 2.05) is 24.3 Å². The highest BCUT2D eigenvalue weighted by atomic mass is 16.8. The van der Waals surface area contributed by atoms with Crippen LogP contribution in [0.5, 0.6) is 0 Å². The topological polar surface area (TPSA) is 114 Å². The molecule has 6 saturated heterocycles. The Labute approximate surface area is 172 Å². The number of benzene rings is 1. The van der Waals surface area contributed by atoms with Gasteiger partial charge in [-0.25, -0.2) is 0 Å². The quantitative estimate of drug-likeness (QED) is 0.479. The van der Waals surface area contributed by atoms with Gasteiger partial charge < -0.3 is 47.8 Å². The Morgan fingerprint density at radius 2 is 1.03 bits per heavy atom. The molecule has 0 aromatic heterocycles. The second-order valence-electron chi connectivity index (χ2n) is 8.47. The van der Waals surface area contributed by atoms with Crippen molar-refractivity contribution < 1.29 is 47.8 Å². The van der Waals surface area contributed by atoms with Crippen molar-refractivity contribution in [2.45, 2.75) is 61.4 Å². The minimum absolute atomic E-state index is 0.290. The van der Waals surface area contributed by atoms with E-state index in [1.165, 1.54) is 0 Å². The predicted molar refractivity (Wildman–Crippen MR) is 97.9 cm³/mol. The Balaban J connectivity index is 1.10. The van der Waals surface area contributed by atoms with Crippen LogP contribution in [-0.2, 0) is 37.6 Å². The second-order valence-corrected chi connectivity index (χ2v) is 8.47. The maximum Gasteiger partial charge on any atom is 0.494 e. The third-order valence-corrected chi connectivity index (χ3v) is 6.69. The van der Waals surface area contributed by atoms with Crippen molar-refractivity contribution in [1.82, 2.24) is 0 Å². The summed E-state index contributed by atoms with van der Waals surface area (Å²) in [5.74, 6) is 0. The summed E-state index contributed by atoms with van der Waals surface area (Å²) in [6.07, 6.45) is -5.43. The molecule has 0 radical (unpaired) electrons. The highest BCUT2D eigenvalue weighted by Gasteiger charge is 2.58. The molecule has 0 aliphatic carbocycles. The van der Waals surface area contributed by atoms with E-state index >= 15 is 0 Å². The highest BCUT2D eigenvalue weighted by molar-refractivity contribution is 6.63. The van der Waals surface area contributed by atoms with Crippen LogP contribution in [0, 0.1) is 0 Å². The Hall–Kier alpha value is -1.05. The molecule has 158 valence electrons. The number of aliphatic hydroxyl groups excluding tert-OH is 2. The first-order chi connectivity index (χ1) is 14.7. The summed E-state index contributed by atoms with van der Waals surface area (Å²) in [5.41, 5.74) is 1.62. The molecule has 6 fully saturated rings. The van der Waals surface area contributed by atoms with E-state index < -0.39 is 63.4 Å². The SMILES string of the molecule is O[C@H]1C2OB(c3ccc(B4OC5[C@@H]6OC[C@H](O6)[C@H](O4)[C@@H]5O)cc3)OC1[C@H]1OCC2O1. The van der Waals surface area contributed by atoms with Crippen molar-refractivity contribution in [1.29, 1.82) is 0 Å². The minimum Gasteiger partial charge on any atom is -0.399 e. The molecule has 0 saturated carbocycles. The van der Waals surface area contributed by atoms with Gasteiger partial charge in [0.25, 0.3) is 0 Å². The first-order valence-electron chi connectivity index (χ1n) is 10.3. The lowest BCUT2D eigenvalue weighted by Crippen LogP contribution is -2.66. The van der Waals surface area contributed by atoms with Gasteiger partial charge in [0.15, 0.2) is 12.6 Å². The molecule has 7 rings (SSSR count). The van der Waals surface area contributed by atoms with Crippen molar-refractivity contribution in [2.75, 3.05) is 13.2 Å². The van der Waals surface area contributed by atoms with E-state index in [2.05, 4.69) is 0 Å². The largest absolute Gasteiger partial charge is 0.494 e. The van der Waals surface area contributed by atoms with Gasteiger partial charge in [-0.2, -0.15) is 0 Å². The number of fused-ring (bicyclic) bond motifs is 12. The second kappa shape index (κ2) is 6.72. The van der Waals surface area contributed by atoms with Crippen LogP contribution in [0.3, 0.4) is 0 Å². The number of ether oxygens (including phenoxy) is 4. The fourth-order valence-electron chi connectivity index (χ4n) is 5.09. The molecule has 0 spiro atoms. The highest BCUT2D eigenvalue weighted by Crippen LogP contribution is 2.37. The molecule has 10 atom stereocenters. The van der Waals surface area contributed by atoms with Crippen LogP contribution in [0.1, 0.15) is 0 Å². The molecule has 2 N–H and O–H groups in total. The standard InChI is InChI=1S/C18H20B2O10/c21-11-13-9-5-23-17(25-9)15(11)29-19(27-13)7-1-2-8(4-3-7)20-28-14-10-6-24-18(26-10)16(30-20)12(14)22/h1-4,9-18,21-22H,5-6H2/t9-,10?,11-,12-,13-,14?,15?,16?,17+,18-/m0/s1. The third kappa shape index (κ3) is 2.64. The van der Waals surface area contributed by atoms with E-state index in [4.69, 9.17) is 37.6 Å². The molecule has 6 aliphatic heterocycles. The summed E-state index contributed by atoms with van der Waals surface area (Å²) < 4.78 is 46.3. The van der Waals surface area contributed by atoms with Crippen LogP contribution in [0.15, 0.2) is 24.3 Å². The van der Waals surface area contributed by atoms with Gasteiger partial charge in [0.05, 0.1) is 13.2 Å². The van der Waals surface area contributed by atoms with Gasteiger partial charge in [-0.15, -0.1) is 0 Å². The van der Waals surface area contributed by atoms with Gasteiger partial charge in [0.1, 0.15) is 48.8 Å². The molecule has 1 aromatic rings. The number of hydrogen-bond donors (Lipinski definition) is 2. The average Bonchev–Trinajstić information content (AvgIpc) is 3.40. The summed E-state index contributed by atoms with van der Waals surface area (Å²) >= 11 is 0. The molecule has 8 bridgehead atoms. The van der Waals surface area contributed by atoms with Crippen molar-refractivity contribution in [3.63, 3.8) is 0 Å². The first-order valence-corrected chi connectivity index (χ1v) is 10.3. The molecule has 1 aromatic carbocycles. The first kappa shape index (κ1) is 18.5. The van der Waals surface area contributed by atoms with E-state index in [-0.39, 0.29) is 12.2 Å². The molecule has 4 unspecified atom stereocenters. The normalized spacial score (nSPS) is 48.9. The van der Waals surface area contributed by atoms with Gasteiger partial charge in [0.2, 0.25) is 0 Å². The van der Waals surface area contributed by atoms with Crippen molar-refractivity contribution in [3.8, 4) is 0 Å². The number of hydrogen-bond acceptors (Lipinski definition) is 10. The van der Waals surface area contributed by atoms with E-state index in [0.29, 0.717) is 13.2 Å². The van der Waals surface area contributed by atoms with E-state index in [0.717, 1.165) is 10.9 Å². The maximum absolute atomic E-state index is 10.4. The summed E-state index contributed by atoms with van der Waals surface area (Å²) in [6, 6.07) is 7.52. The molecule has 6 heterocycles. The Kier molecular flexibility index (Phi) is 4.15. The summed E-state index contributed by atoms with van der Waals surface area (Å²) in [4.78, 5) is 0. The summed E-state index contributed by atoms with van der Waals surface area (Å²) in [6.45, 7) is 0.774. The van der Waals surface area contributed by atoms with Gasteiger partial charge in [-0.1, -0.05) is 24.3 Å².